The summed E-state index contributed by atoms with van der Waals surface area (Å²) in [4.78, 5) is 27.3. The van der Waals surface area contributed by atoms with Gasteiger partial charge < -0.3 is 4.98 Å². The molecule has 0 amide bonds. The number of carbonyl (C=O) groups excluding carboxylic acids is 1. The number of halogens is 3. The van der Waals surface area contributed by atoms with Gasteiger partial charge in [-0.15, -0.1) is 0 Å². The van der Waals surface area contributed by atoms with Crippen molar-refractivity contribution < 1.29 is 4.79 Å². The Morgan fingerprint density at radius 3 is 2.50 bits per heavy atom. The first kappa shape index (κ1) is 17.1. The van der Waals surface area contributed by atoms with Crippen LogP contribution >= 0.6 is 43.5 Å². The molecule has 0 saturated carbocycles. The molecule has 2 aromatic carbocycles. The van der Waals surface area contributed by atoms with E-state index in [9.17, 15) is 9.59 Å². The van der Waals surface area contributed by atoms with Crippen LogP contribution in [0.2, 0.25) is 5.02 Å². The Hall–Kier alpha value is -1.69. The molecule has 0 aliphatic carbocycles. The fraction of sp³-hybridized carbons (Fsp3) is 0. The smallest absolute Gasteiger partial charge is 0.259 e. The molecule has 0 spiro atoms. The van der Waals surface area contributed by atoms with Gasteiger partial charge in [0.05, 0.1) is 11.1 Å². The quantitative estimate of drug-likeness (QED) is 0.403. The summed E-state index contributed by atoms with van der Waals surface area (Å²) in [6.07, 6.45) is 3.03. The maximum atomic E-state index is 12.4. The zero-order chi connectivity index (χ0) is 17.3. The average molecular weight is 468 g/mol. The van der Waals surface area contributed by atoms with E-state index >= 15 is 0 Å². The summed E-state index contributed by atoms with van der Waals surface area (Å²) in [5, 5.41) is 1.39. The van der Waals surface area contributed by atoms with E-state index in [-0.39, 0.29) is 11.3 Å². The van der Waals surface area contributed by atoms with Crippen LogP contribution in [0.15, 0.2) is 62.3 Å². The van der Waals surface area contributed by atoms with Gasteiger partial charge >= 0.3 is 0 Å². The minimum Gasteiger partial charge on any atom is -0.321 e. The SMILES string of the molecule is O=C(/C=C\c1ccc(Cl)cc1)c1cc2c(Br)cc(Br)cc2[nH]c1=O. The van der Waals surface area contributed by atoms with Gasteiger partial charge in [0.1, 0.15) is 0 Å². The Bertz CT molecular complexity index is 1020. The van der Waals surface area contributed by atoms with E-state index in [1.807, 2.05) is 6.07 Å². The van der Waals surface area contributed by atoms with Crippen LogP contribution in [0.4, 0.5) is 0 Å². The molecule has 3 rings (SSSR count). The van der Waals surface area contributed by atoms with Crippen molar-refractivity contribution in [3.63, 3.8) is 0 Å². The predicted molar refractivity (Wildman–Crippen MR) is 105 cm³/mol. The van der Waals surface area contributed by atoms with E-state index in [0.29, 0.717) is 10.5 Å². The number of H-pyrrole nitrogens is 1. The summed E-state index contributed by atoms with van der Waals surface area (Å²) in [6, 6.07) is 12.3. The van der Waals surface area contributed by atoms with Crippen LogP contribution in [-0.4, -0.2) is 10.8 Å². The lowest BCUT2D eigenvalue weighted by Crippen LogP contribution is -2.16. The average Bonchev–Trinajstić information content (AvgIpc) is 2.53. The first-order chi connectivity index (χ1) is 11.4. The second-order valence-corrected chi connectivity index (χ2v) is 7.32. The van der Waals surface area contributed by atoms with Crippen molar-refractivity contribution in [2.45, 2.75) is 0 Å². The van der Waals surface area contributed by atoms with E-state index in [0.717, 1.165) is 19.9 Å². The van der Waals surface area contributed by atoms with Crippen LogP contribution in [0.3, 0.4) is 0 Å². The van der Waals surface area contributed by atoms with Crippen LogP contribution in [0.25, 0.3) is 17.0 Å². The first-order valence-electron chi connectivity index (χ1n) is 6.94. The van der Waals surface area contributed by atoms with Crippen LogP contribution in [-0.2, 0) is 0 Å². The van der Waals surface area contributed by atoms with E-state index in [1.54, 1.807) is 42.5 Å². The van der Waals surface area contributed by atoms with Gasteiger partial charge in [0, 0.05) is 19.4 Å². The summed E-state index contributed by atoms with van der Waals surface area (Å²) < 4.78 is 1.62. The highest BCUT2D eigenvalue weighted by Gasteiger charge is 2.11. The third-order valence-corrected chi connectivity index (χ3v) is 4.80. The highest BCUT2D eigenvalue weighted by atomic mass is 79.9. The Balaban J connectivity index is 1.99. The minimum atomic E-state index is -0.418. The minimum absolute atomic E-state index is 0.0933. The molecule has 1 heterocycles. The van der Waals surface area contributed by atoms with Crippen LogP contribution < -0.4 is 5.56 Å². The number of pyridine rings is 1. The van der Waals surface area contributed by atoms with E-state index < -0.39 is 5.56 Å². The number of aromatic amines is 1. The number of nitrogens with one attached hydrogen (secondary N) is 1. The number of allylic oxidation sites excluding steroid dienone is 1. The molecule has 0 fully saturated rings. The third-order valence-electron chi connectivity index (χ3n) is 3.44. The largest absolute Gasteiger partial charge is 0.321 e. The van der Waals surface area contributed by atoms with Crippen molar-refractivity contribution in [2.24, 2.45) is 0 Å². The Labute approximate surface area is 159 Å². The second-order valence-electron chi connectivity index (χ2n) is 5.11. The maximum absolute atomic E-state index is 12.4. The van der Waals surface area contributed by atoms with Gasteiger partial charge in [-0.25, -0.2) is 0 Å². The van der Waals surface area contributed by atoms with Crippen molar-refractivity contribution in [3.8, 4) is 0 Å². The molecule has 0 aliphatic heterocycles. The number of hydrogen-bond acceptors (Lipinski definition) is 2. The van der Waals surface area contributed by atoms with Crippen LogP contribution in [0, 0.1) is 0 Å². The number of fused-ring (bicyclic) bond motifs is 1. The van der Waals surface area contributed by atoms with Gasteiger partial charge in [-0.05, 0) is 42.0 Å². The van der Waals surface area contributed by atoms with Gasteiger partial charge in [0.25, 0.3) is 5.56 Å². The zero-order valence-corrected chi connectivity index (χ0v) is 16.1. The van der Waals surface area contributed by atoms with Crippen molar-refractivity contribution in [3.05, 3.63) is 84.0 Å². The standard InChI is InChI=1S/C18H10Br2ClNO2/c19-11-7-15(20)13-9-14(18(24)22-16(13)8-11)17(23)6-3-10-1-4-12(21)5-2-10/h1-9H,(H,22,24)/b6-3-. The molecule has 3 aromatic rings. The molecule has 0 radical (unpaired) electrons. The summed E-state index contributed by atoms with van der Waals surface area (Å²) in [7, 11) is 0. The monoisotopic (exact) mass is 465 g/mol. The van der Waals surface area contributed by atoms with Crippen molar-refractivity contribution in [1.29, 1.82) is 0 Å². The first-order valence-corrected chi connectivity index (χ1v) is 8.90. The van der Waals surface area contributed by atoms with Crippen molar-refractivity contribution in [2.75, 3.05) is 0 Å². The fourth-order valence-corrected chi connectivity index (χ4v) is 3.72. The number of rotatable bonds is 3. The van der Waals surface area contributed by atoms with Crippen LogP contribution in [0.1, 0.15) is 15.9 Å². The van der Waals surface area contributed by atoms with Gasteiger partial charge in [0.2, 0.25) is 0 Å². The van der Waals surface area contributed by atoms with E-state index in [1.165, 1.54) is 6.08 Å². The molecular weight excluding hydrogens is 457 g/mol. The molecule has 3 nitrogen and oxygen atoms in total. The third kappa shape index (κ3) is 3.69. The number of hydrogen-bond donors (Lipinski definition) is 1. The molecule has 6 heteroatoms. The molecular formula is C18H10Br2ClNO2. The molecule has 24 heavy (non-hydrogen) atoms. The normalized spacial score (nSPS) is 11.3. The van der Waals surface area contributed by atoms with E-state index in [4.69, 9.17) is 11.6 Å². The number of benzene rings is 2. The zero-order valence-electron chi connectivity index (χ0n) is 12.1. The maximum Gasteiger partial charge on any atom is 0.259 e. The number of ketones is 1. The molecule has 1 N–H and O–H groups in total. The molecule has 120 valence electrons. The molecule has 0 unspecified atom stereocenters. The Morgan fingerprint density at radius 1 is 1.08 bits per heavy atom. The summed E-state index contributed by atoms with van der Waals surface area (Å²) in [5.74, 6) is -0.358. The molecule has 0 saturated heterocycles. The topological polar surface area (TPSA) is 49.9 Å². The second kappa shape index (κ2) is 7.05. The highest BCUT2D eigenvalue weighted by molar-refractivity contribution is 9.11. The lowest BCUT2D eigenvalue weighted by Gasteiger charge is -2.04. The molecule has 1 aromatic heterocycles. The molecule has 0 aliphatic rings. The van der Waals surface area contributed by atoms with Gasteiger partial charge in [-0.1, -0.05) is 61.7 Å². The summed E-state index contributed by atoms with van der Waals surface area (Å²) in [6.45, 7) is 0. The van der Waals surface area contributed by atoms with Crippen molar-refractivity contribution in [1.82, 2.24) is 4.98 Å². The van der Waals surface area contributed by atoms with Gasteiger partial charge in [-0.3, -0.25) is 9.59 Å². The Kier molecular flexibility index (Phi) is 5.04. The van der Waals surface area contributed by atoms with Crippen LogP contribution in [0.5, 0.6) is 0 Å². The summed E-state index contributed by atoms with van der Waals surface area (Å²) in [5.41, 5.74) is 1.16. The Morgan fingerprint density at radius 2 is 1.79 bits per heavy atom. The predicted octanol–water partition coefficient (Wildman–Crippen LogP) is 5.60. The lowest BCUT2D eigenvalue weighted by atomic mass is 10.1. The van der Waals surface area contributed by atoms with Gasteiger partial charge in [-0.2, -0.15) is 0 Å². The lowest BCUT2D eigenvalue weighted by molar-refractivity contribution is 0.104. The highest BCUT2D eigenvalue weighted by Crippen LogP contribution is 2.27. The molecule has 0 bridgehead atoms. The van der Waals surface area contributed by atoms with E-state index in [2.05, 4.69) is 36.8 Å². The number of aromatic nitrogens is 1. The summed E-state index contributed by atoms with van der Waals surface area (Å²) >= 11 is 12.6. The fourth-order valence-electron chi connectivity index (χ4n) is 2.25. The van der Waals surface area contributed by atoms with Crippen molar-refractivity contribution >= 4 is 66.2 Å². The van der Waals surface area contributed by atoms with Gasteiger partial charge in [0.15, 0.2) is 5.78 Å². The molecule has 0 atom stereocenters. The number of carbonyl (C=O) groups is 1.